The van der Waals surface area contributed by atoms with Gasteiger partial charge in [-0.05, 0) is 58.4 Å². The number of hydrogen-bond donors (Lipinski definition) is 1. The lowest BCUT2D eigenvalue weighted by Crippen LogP contribution is -2.13. The third-order valence-corrected chi connectivity index (χ3v) is 4.67. The summed E-state index contributed by atoms with van der Waals surface area (Å²) >= 11 is 3.39. The van der Waals surface area contributed by atoms with Crippen molar-refractivity contribution in [1.82, 2.24) is 9.97 Å². The second kappa shape index (κ2) is 7.20. The number of carbonyl (C=O) groups excluding carboxylic acids is 1. The molecule has 0 aliphatic heterocycles. The Morgan fingerprint density at radius 1 is 1.15 bits per heavy atom. The van der Waals surface area contributed by atoms with Gasteiger partial charge in [0, 0.05) is 16.2 Å². The molecule has 134 valence electrons. The maximum absolute atomic E-state index is 12.6. The molecule has 6 nitrogen and oxygen atoms in total. The van der Waals surface area contributed by atoms with Crippen molar-refractivity contribution in [1.29, 1.82) is 0 Å². The van der Waals surface area contributed by atoms with Crippen molar-refractivity contribution in [2.24, 2.45) is 0 Å². The molecule has 4 rings (SSSR count). The number of amides is 1. The smallest absolute Gasteiger partial charge is 0.256 e. The van der Waals surface area contributed by atoms with Crippen molar-refractivity contribution in [2.75, 3.05) is 12.4 Å². The lowest BCUT2D eigenvalue weighted by atomic mass is 10.1. The predicted molar refractivity (Wildman–Crippen MR) is 106 cm³/mol. The Kier molecular flexibility index (Phi) is 4.60. The molecule has 2 aromatic heterocycles. The van der Waals surface area contributed by atoms with Gasteiger partial charge in [-0.2, -0.15) is 4.98 Å². The molecule has 0 aliphatic carbocycles. The van der Waals surface area contributed by atoms with E-state index in [-0.39, 0.29) is 5.91 Å². The SMILES string of the molecule is COc1ccc(-c2nc3ncccc3o2)cc1NC(=O)c1ccccc1Br. The summed E-state index contributed by atoms with van der Waals surface area (Å²) in [5.74, 6) is 0.702. The number of hydrogen-bond acceptors (Lipinski definition) is 5. The van der Waals surface area contributed by atoms with Gasteiger partial charge >= 0.3 is 0 Å². The van der Waals surface area contributed by atoms with Crippen LogP contribution in [0.1, 0.15) is 10.4 Å². The van der Waals surface area contributed by atoms with E-state index in [1.54, 1.807) is 49.7 Å². The molecule has 0 unspecified atom stereocenters. The third kappa shape index (κ3) is 3.41. The molecule has 0 atom stereocenters. The largest absolute Gasteiger partial charge is 0.495 e. The van der Waals surface area contributed by atoms with Crippen molar-refractivity contribution in [2.45, 2.75) is 0 Å². The Morgan fingerprint density at radius 2 is 2.00 bits per heavy atom. The van der Waals surface area contributed by atoms with Crippen LogP contribution in [0.15, 0.2) is 69.7 Å². The zero-order valence-electron chi connectivity index (χ0n) is 14.3. The average molecular weight is 424 g/mol. The fourth-order valence-corrected chi connectivity index (χ4v) is 3.13. The van der Waals surface area contributed by atoms with Gasteiger partial charge in [-0.15, -0.1) is 0 Å². The summed E-state index contributed by atoms with van der Waals surface area (Å²) in [4.78, 5) is 21.2. The quantitative estimate of drug-likeness (QED) is 0.504. The fourth-order valence-electron chi connectivity index (χ4n) is 2.67. The van der Waals surface area contributed by atoms with E-state index in [0.717, 1.165) is 0 Å². The van der Waals surface area contributed by atoms with Crippen molar-refractivity contribution in [3.8, 4) is 17.2 Å². The van der Waals surface area contributed by atoms with E-state index in [1.165, 1.54) is 0 Å². The number of methoxy groups -OCH3 is 1. The molecule has 1 amide bonds. The normalized spacial score (nSPS) is 10.7. The highest BCUT2D eigenvalue weighted by atomic mass is 79.9. The zero-order valence-corrected chi connectivity index (χ0v) is 15.9. The van der Waals surface area contributed by atoms with E-state index in [4.69, 9.17) is 9.15 Å². The third-order valence-electron chi connectivity index (χ3n) is 3.98. The van der Waals surface area contributed by atoms with Crippen LogP contribution >= 0.6 is 15.9 Å². The molecule has 0 bridgehead atoms. The molecule has 1 N–H and O–H groups in total. The van der Waals surface area contributed by atoms with Crippen LogP contribution in [0, 0.1) is 0 Å². The van der Waals surface area contributed by atoms with Crippen LogP contribution < -0.4 is 10.1 Å². The highest BCUT2D eigenvalue weighted by Crippen LogP contribution is 2.32. The molecule has 2 heterocycles. The molecule has 0 fully saturated rings. The minimum absolute atomic E-state index is 0.253. The summed E-state index contributed by atoms with van der Waals surface area (Å²) in [6, 6.07) is 16.1. The zero-order chi connectivity index (χ0) is 18.8. The number of pyridine rings is 1. The Balaban J connectivity index is 1.70. The maximum Gasteiger partial charge on any atom is 0.256 e. The number of nitrogens with zero attached hydrogens (tertiary/aromatic N) is 2. The first-order valence-corrected chi connectivity index (χ1v) is 8.91. The van der Waals surface area contributed by atoms with E-state index < -0.39 is 0 Å². The van der Waals surface area contributed by atoms with Crippen LogP contribution in [0.4, 0.5) is 5.69 Å². The Morgan fingerprint density at radius 3 is 2.78 bits per heavy atom. The summed E-state index contributed by atoms with van der Waals surface area (Å²) in [5, 5.41) is 2.88. The molecule has 0 aliphatic rings. The van der Waals surface area contributed by atoms with Gasteiger partial charge in [0.2, 0.25) is 5.89 Å². The second-order valence-corrected chi connectivity index (χ2v) is 6.55. The first-order valence-electron chi connectivity index (χ1n) is 8.11. The molecular formula is C20H14BrN3O3. The maximum atomic E-state index is 12.6. The molecule has 0 saturated heterocycles. The van der Waals surface area contributed by atoms with Crippen LogP contribution in [0.2, 0.25) is 0 Å². The number of benzene rings is 2. The summed E-state index contributed by atoms with van der Waals surface area (Å²) in [6.07, 6.45) is 1.66. The number of ether oxygens (including phenoxy) is 1. The van der Waals surface area contributed by atoms with Gasteiger partial charge in [-0.1, -0.05) is 12.1 Å². The van der Waals surface area contributed by atoms with Gasteiger partial charge < -0.3 is 14.5 Å². The predicted octanol–water partition coefficient (Wildman–Crippen LogP) is 4.91. The monoisotopic (exact) mass is 423 g/mol. The van der Waals surface area contributed by atoms with Gasteiger partial charge in [0.25, 0.3) is 5.91 Å². The van der Waals surface area contributed by atoms with Gasteiger partial charge in [0.1, 0.15) is 5.75 Å². The van der Waals surface area contributed by atoms with Gasteiger partial charge in [0.05, 0.1) is 18.4 Å². The summed E-state index contributed by atoms with van der Waals surface area (Å²) in [7, 11) is 1.55. The van der Waals surface area contributed by atoms with E-state index in [0.29, 0.717) is 44.2 Å². The first-order chi connectivity index (χ1) is 13.2. The van der Waals surface area contributed by atoms with E-state index in [9.17, 15) is 4.79 Å². The van der Waals surface area contributed by atoms with Crippen molar-refractivity contribution in [3.05, 3.63) is 70.8 Å². The summed E-state index contributed by atoms with van der Waals surface area (Å²) in [6.45, 7) is 0. The van der Waals surface area contributed by atoms with Crippen molar-refractivity contribution in [3.63, 3.8) is 0 Å². The molecule has 2 aromatic carbocycles. The molecule has 0 radical (unpaired) electrons. The molecular weight excluding hydrogens is 410 g/mol. The van der Waals surface area contributed by atoms with Crippen LogP contribution in [0.3, 0.4) is 0 Å². The highest BCUT2D eigenvalue weighted by Gasteiger charge is 2.15. The van der Waals surface area contributed by atoms with Crippen molar-refractivity contribution < 1.29 is 13.9 Å². The van der Waals surface area contributed by atoms with Crippen LogP contribution in [0.25, 0.3) is 22.7 Å². The Labute approximate surface area is 163 Å². The molecule has 7 heteroatoms. The number of fused-ring (bicyclic) bond motifs is 1. The Hall–Kier alpha value is -3.19. The standard InChI is InChI=1S/C20H14BrN3O3/c1-26-16-9-8-12(20-24-18-17(27-20)7-4-10-22-18)11-15(16)23-19(25)13-5-2-3-6-14(13)21/h2-11H,1H3,(H,23,25). The first kappa shape index (κ1) is 17.2. The lowest BCUT2D eigenvalue weighted by molar-refractivity contribution is 0.102. The highest BCUT2D eigenvalue weighted by molar-refractivity contribution is 9.10. The Bertz CT molecular complexity index is 1110. The minimum atomic E-state index is -0.253. The summed E-state index contributed by atoms with van der Waals surface area (Å²) in [5.41, 5.74) is 2.88. The second-order valence-electron chi connectivity index (χ2n) is 5.69. The number of oxazole rings is 1. The molecule has 0 saturated carbocycles. The molecule has 0 spiro atoms. The number of halogens is 1. The van der Waals surface area contributed by atoms with Gasteiger partial charge in [0.15, 0.2) is 11.2 Å². The number of aromatic nitrogens is 2. The lowest BCUT2D eigenvalue weighted by Gasteiger charge is -2.12. The summed E-state index contributed by atoms with van der Waals surface area (Å²) < 4.78 is 11.8. The number of rotatable bonds is 4. The van der Waals surface area contributed by atoms with Gasteiger partial charge in [-0.25, -0.2) is 4.98 Å². The van der Waals surface area contributed by atoms with E-state index in [2.05, 4.69) is 31.2 Å². The van der Waals surface area contributed by atoms with E-state index >= 15 is 0 Å². The van der Waals surface area contributed by atoms with E-state index in [1.807, 2.05) is 18.2 Å². The number of anilines is 1. The van der Waals surface area contributed by atoms with Gasteiger partial charge in [-0.3, -0.25) is 4.79 Å². The van der Waals surface area contributed by atoms with Crippen LogP contribution in [-0.4, -0.2) is 23.0 Å². The average Bonchev–Trinajstić information content (AvgIpc) is 3.12. The fraction of sp³-hybridized carbons (Fsp3) is 0.0500. The van der Waals surface area contributed by atoms with Crippen LogP contribution in [0.5, 0.6) is 5.75 Å². The molecule has 27 heavy (non-hydrogen) atoms. The minimum Gasteiger partial charge on any atom is -0.495 e. The number of nitrogens with one attached hydrogen (secondary N) is 1. The molecule has 4 aromatic rings. The van der Waals surface area contributed by atoms with Crippen LogP contribution in [-0.2, 0) is 0 Å². The van der Waals surface area contributed by atoms with Crippen molar-refractivity contribution >= 4 is 38.8 Å². The number of carbonyl (C=O) groups is 1. The topological polar surface area (TPSA) is 77.2 Å².